The summed E-state index contributed by atoms with van der Waals surface area (Å²) in [4.78, 5) is 0. The Labute approximate surface area is 121 Å². The summed E-state index contributed by atoms with van der Waals surface area (Å²) in [7, 11) is 0. The molecule has 0 saturated carbocycles. The maximum Gasteiger partial charge on any atom is 0.0187 e. The van der Waals surface area contributed by atoms with Crippen molar-refractivity contribution in [2.24, 2.45) is 5.92 Å². The molecule has 1 aliphatic rings. The summed E-state index contributed by atoms with van der Waals surface area (Å²) in [6.07, 6.45) is 8.17. The topological polar surface area (TPSA) is 0 Å². The molecule has 0 spiro atoms. The number of hydrogen-bond acceptors (Lipinski definition) is 0. The molecule has 0 aliphatic heterocycles. The van der Waals surface area contributed by atoms with Crippen molar-refractivity contribution in [3.63, 3.8) is 0 Å². The highest BCUT2D eigenvalue weighted by atomic mass is 14.3. The molecule has 0 heterocycles. The van der Waals surface area contributed by atoms with E-state index in [9.17, 15) is 0 Å². The fourth-order valence-electron chi connectivity index (χ4n) is 2.99. The fraction of sp³-hybridized carbons (Fsp3) is 0.200. The molecule has 0 amide bonds. The minimum Gasteiger partial charge on any atom is -0.0764 e. The summed E-state index contributed by atoms with van der Waals surface area (Å²) >= 11 is 0. The van der Waals surface area contributed by atoms with Crippen molar-refractivity contribution >= 4 is 0 Å². The Hall–Kier alpha value is -2.08. The van der Waals surface area contributed by atoms with Gasteiger partial charge in [-0.05, 0) is 17.5 Å². The lowest BCUT2D eigenvalue weighted by Crippen LogP contribution is -2.09. The van der Waals surface area contributed by atoms with Gasteiger partial charge in [-0.25, -0.2) is 0 Å². The van der Waals surface area contributed by atoms with E-state index in [0.717, 1.165) is 6.42 Å². The Morgan fingerprint density at radius 2 is 1.40 bits per heavy atom. The van der Waals surface area contributed by atoms with E-state index >= 15 is 0 Å². The maximum absolute atomic E-state index is 2.42. The van der Waals surface area contributed by atoms with Crippen LogP contribution in [0.3, 0.4) is 0 Å². The minimum atomic E-state index is 0.415. The summed E-state index contributed by atoms with van der Waals surface area (Å²) in [5.41, 5.74) is 4.23. The predicted molar refractivity (Wildman–Crippen MR) is 85.7 cm³/mol. The van der Waals surface area contributed by atoms with Crippen LogP contribution in [0.5, 0.6) is 0 Å². The van der Waals surface area contributed by atoms with Gasteiger partial charge in [-0.15, -0.1) is 0 Å². The summed E-state index contributed by atoms with van der Waals surface area (Å²) in [5, 5.41) is 0. The van der Waals surface area contributed by atoms with Crippen LogP contribution in [0.25, 0.3) is 0 Å². The first-order chi connectivity index (χ1) is 9.88. The summed E-state index contributed by atoms with van der Waals surface area (Å²) in [5.74, 6) is 0.882. The molecule has 0 nitrogen and oxygen atoms in total. The summed E-state index contributed by atoms with van der Waals surface area (Å²) in [6, 6.07) is 21.7. The van der Waals surface area contributed by atoms with E-state index in [0.29, 0.717) is 11.8 Å². The Kier molecular flexibility index (Phi) is 3.83. The van der Waals surface area contributed by atoms with Crippen LogP contribution < -0.4 is 0 Å². The molecule has 2 aromatic carbocycles. The first-order valence-electron chi connectivity index (χ1n) is 7.37. The first-order valence-corrected chi connectivity index (χ1v) is 7.37. The molecular weight excluding hydrogens is 240 g/mol. The van der Waals surface area contributed by atoms with E-state index in [-0.39, 0.29) is 0 Å². The van der Waals surface area contributed by atoms with E-state index in [2.05, 4.69) is 85.8 Å². The number of rotatable bonds is 4. The normalized spacial score (nSPS) is 17.5. The van der Waals surface area contributed by atoms with Gasteiger partial charge in [0.2, 0.25) is 0 Å². The molecule has 1 aliphatic carbocycles. The minimum absolute atomic E-state index is 0.415. The quantitative estimate of drug-likeness (QED) is 0.696. The second-order valence-electron chi connectivity index (χ2n) is 5.33. The molecule has 1 unspecified atom stereocenters. The third kappa shape index (κ3) is 2.60. The lowest BCUT2D eigenvalue weighted by atomic mass is 9.81. The smallest absolute Gasteiger partial charge is 0.0187 e. The third-order valence-electron chi connectivity index (χ3n) is 4.05. The molecule has 0 radical (unpaired) electrons. The van der Waals surface area contributed by atoms with Gasteiger partial charge in [0.15, 0.2) is 0 Å². The van der Waals surface area contributed by atoms with Crippen molar-refractivity contribution in [3.8, 4) is 0 Å². The van der Waals surface area contributed by atoms with Gasteiger partial charge < -0.3 is 0 Å². The van der Waals surface area contributed by atoms with Crippen molar-refractivity contribution in [2.45, 2.75) is 19.3 Å². The second-order valence-corrected chi connectivity index (χ2v) is 5.33. The van der Waals surface area contributed by atoms with Crippen LogP contribution in [0.4, 0.5) is 0 Å². The highest BCUT2D eigenvalue weighted by Crippen LogP contribution is 2.37. The van der Waals surface area contributed by atoms with Crippen molar-refractivity contribution in [1.82, 2.24) is 0 Å². The maximum atomic E-state index is 2.42. The Morgan fingerprint density at radius 3 is 1.85 bits per heavy atom. The van der Waals surface area contributed by atoms with Crippen molar-refractivity contribution in [3.05, 3.63) is 95.6 Å². The van der Waals surface area contributed by atoms with Crippen molar-refractivity contribution in [2.75, 3.05) is 0 Å². The zero-order valence-electron chi connectivity index (χ0n) is 11.9. The molecule has 20 heavy (non-hydrogen) atoms. The average molecular weight is 260 g/mol. The van der Waals surface area contributed by atoms with Crippen LogP contribution in [0.2, 0.25) is 0 Å². The van der Waals surface area contributed by atoms with E-state index in [4.69, 9.17) is 0 Å². The van der Waals surface area contributed by atoms with Crippen LogP contribution >= 0.6 is 0 Å². The molecule has 0 fully saturated rings. The predicted octanol–water partition coefficient (Wildman–Crippen LogP) is 5.34. The fourth-order valence-corrected chi connectivity index (χ4v) is 2.99. The van der Waals surface area contributed by atoms with E-state index in [1.807, 2.05) is 0 Å². The lowest BCUT2D eigenvalue weighted by molar-refractivity contribution is 0.691. The Balaban J connectivity index is 2.02. The van der Waals surface area contributed by atoms with Crippen LogP contribution in [0.15, 0.2) is 84.5 Å². The van der Waals surface area contributed by atoms with Gasteiger partial charge in [0.05, 0.1) is 0 Å². The molecular formula is C20H20. The third-order valence-corrected chi connectivity index (χ3v) is 4.05. The van der Waals surface area contributed by atoms with Crippen LogP contribution in [-0.2, 0) is 0 Å². The van der Waals surface area contributed by atoms with Gasteiger partial charge in [-0.3, -0.25) is 0 Å². The zero-order chi connectivity index (χ0) is 13.8. The second kappa shape index (κ2) is 5.92. The number of allylic oxidation sites excluding steroid dienone is 4. The standard InChI is InChI=1S/C20H20/c1-2-16-13-14-19(15-16)20(17-9-5-3-6-10-17)18-11-7-4-8-12-18/h3-15,19-20H,2H2,1H3. The number of hydrogen-bond donors (Lipinski definition) is 0. The SMILES string of the molecule is CCC1=CC(C(c2ccccc2)c2ccccc2)C=C1. The molecule has 0 saturated heterocycles. The van der Waals surface area contributed by atoms with Gasteiger partial charge in [0, 0.05) is 11.8 Å². The first kappa shape index (κ1) is 12.9. The van der Waals surface area contributed by atoms with Gasteiger partial charge in [0.1, 0.15) is 0 Å². The summed E-state index contributed by atoms with van der Waals surface area (Å²) in [6.45, 7) is 2.22. The molecule has 0 aromatic heterocycles. The molecule has 0 heteroatoms. The Morgan fingerprint density at radius 1 is 0.850 bits per heavy atom. The lowest BCUT2D eigenvalue weighted by Gasteiger charge is -2.22. The zero-order valence-corrected chi connectivity index (χ0v) is 11.9. The molecule has 1 atom stereocenters. The van der Waals surface area contributed by atoms with E-state index < -0.39 is 0 Å². The number of benzene rings is 2. The van der Waals surface area contributed by atoms with Gasteiger partial charge >= 0.3 is 0 Å². The average Bonchev–Trinajstić information content (AvgIpc) is 2.98. The highest BCUT2D eigenvalue weighted by molar-refractivity contribution is 5.40. The van der Waals surface area contributed by atoms with E-state index in [1.165, 1.54) is 16.7 Å². The molecule has 3 rings (SSSR count). The van der Waals surface area contributed by atoms with Crippen molar-refractivity contribution in [1.29, 1.82) is 0 Å². The monoisotopic (exact) mass is 260 g/mol. The largest absolute Gasteiger partial charge is 0.0764 e. The molecule has 2 aromatic rings. The Bertz CT molecular complexity index is 566. The summed E-state index contributed by atoms with van der Waals surface area (Å²) < 4.78 is 0. The van der Waals surface area contributed by atoms with Gasteiger partial charge in [-0.2, -0.15) is 0 Å². The molecule has 0 N–H and O–H groups in total. The van der Waals surface area contributed by atoms with E-state index in [1.54, 1.807) is 0 Å². The van der Waals surface area contributed by atoms with Gasteiger partial charge in [-0.1, -0.05) is 91.4 Å². The molecule has 100 valence electrons. The van der Waals surface area contributed by atoms with Crippen molar-refractivity contribution < 1.29 is 0 Å². The molecule has 0 bridgehead atoms. The van der Waals surface area contributed by atoms with Gasteiger partial charge in [0.25, 0.3) is 0 Å². The van der Waals surface area contributed by atoms with Crippen LogP contribution in [0, 0.1) is 5.92 Å². The van der Waals surface area contributed by atoms with Crippen LogP contribution in [0.1, 0.15) is 30.4 Å². The van der Waals surface area contributed by atoms with Crippen LogP contribution in [-0.4, -0.2) is 0 Å². The highest BCUT2D eigenvalue weighted by Gasteiger charge is 2.23.